The number of benzene rings is 1. The SMILES string of the molecule is CCOC(=O)CCN(C)C(=O)c1ccc(Br)c(F)c1. The standard InChI is InChI=1S/C13H15BrFNO3/c1-3-19-12(17)6-7-16(2)13(18)9-4-5-10(14)11(15)8-9/h4-5,8H,3,6-7H2,1-2H3. The van der Waals surface area contributed by atoms with Gasteiger partial charge in [0.2, 0.25) is 0 Å². The van der Waals surface area contributed by atoms with Crippen LogP contribution in [0.3, 0.4) is 0 Å². The maximum atomic E-state index is 13.3. The maximum Gasteiger partial charge on any atom is 0.307 e. The molecule has 6 heteroatoms. The van der Waals surface area contributed by atoms with Crippen molar-refractivity contribution in [1.82, 2.24) is 4.90 Å². The Kier molecular flexibility index (Phi) is 5.95. The van der Waals surface area contributed by atoms with E-state index in [0.717, 1.165) is 6.07 Å². The summed E-state index contributed by atoms with van der Waals surface area (Å²) in [4.78, 5) is 24.5. The van der Waals surface area contributed by atoms with E-state index in [-0.39, 0.29) is 30.4 Å². The van der Waals surface area contributed by atoms with Gasteiger partial charge in [0, 0.05) is 19.2 Å². The molecule has 0 aromatic heterocycles. The molecule has 1 rings (SSSR count). The van der Waals surface area contributed by atoms with Gasteiger partial charge in [0.25, 0.3) is 5.91 Å². The number of ether oxygens (including phenoxy) is 1. The third-order valence-corrected chi connectivity index (χ3v) is 3.11. The van der Waals surface area contributed by atoms with Crippen LogP contribution in [0.5, 0.6) is 0 Å². The topological polar surface area (TPSA) is 46.6 Å². The summed E-state index contributed by atoms with van der Waals surface area (Å²) in [6, 6.07) is 4.16. The van der Waals surface area contributed by atoms with Crippen molar-refractivity contribution in [2.75, 3.05) is 20.2 Å². The monoisotopic (exact) mass is 331 g/mol. The zero-order chi connectivity index (χ0) is 14.4. The van der Waals surface area contributed by atoms with E-state index in [1.54, 1.807) is 14.0 Å². The smallest absolute Gasteiger partial charge is 0.307 e. The highest BCUT2D eigenvalue weighted by Gasteiger charge is 2.14. The van der Waals surface area contributed by atoms with Crippen LogP contribution in [0.25, 0.3) is 0 Å². The van der Waals surface area contributed by atoms with Crippen LogP contribution in [0.15, 0.2) is 22.7 Å². The summed E-state index contributed by atoms with van der Waals surface area (Å²) >= 11 is 3.02. The predicted octanol–water partition coefficient (Wildman–Crippen LogP) is 2.61. The molecular weight excluding hydrogens is 317 g/mol. The molecule has 104 valence electrons. The van der Waals surface area contributed by atoms with E-state index in [0.29, 0.717) is 11.1 Å². The minimum atomic E-state index is -0.496. The second-order valence-electron chi connectivity index (χ2n) is 3.91. The number of esters is 1. The van der Waals surface area contributed by atoms with Crippen LogP contribution in [0.4, 0.5) is 4.39 Å². The van der Waals surface area contributed by atoms with Gasteiger partial charge in [-0.25, -0.2) is 4.39 Å². The van der Waals surface area contributed by atoms with Crippen LogP contribution in [0.2, 0.25) is 0 Å². The lowest BCUT2D eigenvalue weighted by Gasteiger charge is -2.16. The number of carbonyl (C=O) groups excluding carboxylic acids is 2. The summed E-state index contributed by atoms with van der Waals surface area (Å²) in [7, 11) is 1.56. The van der Waals surface area contributed by atoms with Gasteiger partial charge in [0.15, 0.2) is 0 Å². The fourth-order valence-electron chi connectivity index (χ4n) is 1.44. The number of halogens is 2. The summed E-state index contributed by atoms with van der Waals surface area (Å²) in [5, 5.41) is 0. The Bertz CT molecular complexity index is 479. The quantitative estimate of drug-likeness (QED) is 0.779. The lowest BCUT2D eigenvalue weighted by atomic mass is 10.2. The normalized spacial score (nSPS) is 10.1. The fourth-order valence-corrected chi connectivity index (χ4v) is 1.69. The van der Waals surface area contributed by atoms with Gasteiger partial charge in [-0.05, 0) is 41.1 Å². The number of hydrogen-bond acceptors (Lipinski definition) is 3. The number of rotatable bonds is 5. The summed E-state index contributed by atoms with van der Waals surface area (Å²) in [5.41, 5.74) is 0.243. The molecule has 0 unspecified atom stereocenters. The molecule has 0 saturated carbocycles. The minimum absolute atomic E-state index is 0.120. The Hall–Kier alpha value is -1.43. The molecule has 0 aliphatic carbocycles. The Morgan fingerprint density at radius 2 is 2.11 bits per heavy atom. The van der Waals surface area contributed by atoms with Gasteiger partial charge < -0.3 is 9.64 Å². The van der Waals surface area contributed by atoms with E-state index in [1.807, 2.05) is 0 Å². The molecule has 1 aromatic carbocycles. The molecule has 0 spiro atoms. The van der Waals surface area contributed by atoms with Gasteiger partial charge in [-0.15, -0.1) is 0 Å². The zero-order valence-corrected chi connectivity index (χ0v) is 12.4. The second kappa shape index (κ2) is 7.23. The molecule has 19 heavy (non-hydrogen) atoms. The molecule has 0 heterocycles. The lowest BCUT2D eigenvalue weighted by Crippen LogP contribution is -2.29. The van der Waals surface area contributed by atoms with Crippen molar-refractivity contribution >= 4 is 27.8 Å². The van der Waals surface area contributed by atoms with Crippen molar-refractivity contribution in [2.45, 2.75) is 13.3 Å². The molecule has 0 aliphatic rings. The molecule has 0 fully saturated rings. The highest BCUT2D eigenvalue weighted by atomic mass is 79.9. The van der Waals surface area contributed by atoms with Crippen molar-refractivity contribution < 1.29 is 18.7 Å². The van der Waals surface area contributed by atoms with Crippen LogP contribution in [-0.2, 0) is 9.53 Å². The van der Waals surface area contributed by atoms with Crippen LogP contribution in [-0.4, -0.2) is 37.0 Å². The highest BCUT2D eigenvalue weighted by Crippen LogP contribution is 2.17. The molecule has 0 radical (unpaired) electrons. The van der Waals surface area contributed by atoms with Crippen LogP contribution < -0.4 is 0 Å². The molecule has 0 saturated heterocycles. The second-order valence-corrected chi connectivity index (χ2v) is 4.76. The molecule has 0 bridgehead atoms. The minimum Gasteiger partial charge on any atom is -0.466 e. The molecule has 0 aliphatic heterocycles. The van der Waals surface area contributed by atoms with E-state index >= 15 is 0 Å². The summed E-state index contributed by atoms with van der Waals surface area (Å²) < 4.78 is 18.4. The number of hydrogen-bond donors (Lipinski definition) is 0. The van der Waals surface area contributed by atoms with Gasteiger partial charge >= 0.3 is 5.97 Å². The summed E-state index contributed by atoms with van der Waals surface area (Å²) in [6.45, 7) is 2.27. The maximum absolute atomic E-state index is 13.3. The Balaban J connectivity index is 2.61. The Morgan fingerprint density at radius 1 is 1.42 bits per heavy atom. The first kappa shape index (κ1) is 15.6. The molecule has 1 aromatic rings. The largest absolute Gasteiger partial charge is 0.466 e. The Labute approximate surface area is 119 Å². The van der Waals surface area contributed by atoms with E-state index in [4.69, 9.17) is 4.74 Å². The first-order valence-electron chi connectivity index (χ1n) is 5.81. The number of amides is 1. The first-order chi connectivity index (χ1) is 8.95. The first-order valence-corrected chi connectivity index (χ1v) is 6.61. The fraction of sp³-hybridized carbons (Fsp3) is 0.385. The molecule has 1 amide bonds. The van der Waals surface area contributed by atoms with E-state index < -0.39 is 5.82 Å². The highest BCUT2D eigenvalue weighted by molar-refractivity contribution is 9.10. The van der Waals surface area contributed by atoms with Crippen LogP contribution in [0, 0.1) is 5.82 Å². The lowest BCUT2D eigenvalue weighted by molar-refractivity contribution is -0.143. The summed E-state index contributed by atoms with van der Waals surface area (Å²) in [6.07, 6.45) is 0.120. The molecule has 0 N–H and O–H groups in total. The average molecular weight is 332 g/mol. The van der Waals surface area contributed by atoms with E-state index in [1.165, 1.54) is 17.0 Å². The predicted molar refractivity (Wildman–Crippen MR) is 72.3 cm³/mol. The van der Waals surface area contributed by atoms with Gasteiger partial charge in [-0.2, -0.15) is 0 Å². The average Bonchev–Trinajstić information content (AvgIpc) is 2.38. The third-order valence-electron chi connectivity index (χ3n) is 2.47. The van der Waals surface area contributed by atoms with Crippen molar-refractivity contribution in [3.63, 3.8) is 0 Å². The number of nitrogens with zero attached hydrogens (tertiary/aromatic N) is 1. The van der Waals surface area contributed by atoms with E-state index in [2.05, 4.69) is 15.9 Å². The van der Waals surface area contributed by atoms with Gasteiger partial charge in [-0.1, -0.05) is 0 Å². The molecule has 0 atom stereocenters. The zero-order valence-electron chi connectivity index (χ0n) is 10.8. The van der Waals surface area contributed by atoms with Crippen molar-refractivity contribution in [1.29, 1.82) is 0 Å². The van der Waals surface area contributed by atoms with E-state index in [9.17, 15) is 14.0 Å². The van der Waals surface area contributed by atoms with Crippen LogP contribution >= 0.6 is 15.9 Å². The van der Waals surface area contributed by atoms with Crippen molar-refractivity contribution in [2.24, 2.45) is 0 Å². The Morgan fingerprint density at radius 3 is 2.68 bits per heavy atom. The van der Waals surface area contributed by atoms with Crippen molar-refractivity contribution in [3.8, 4) is 0 Å². The van der Waals surface area contributed by atoms with Crippen LogP contribution in [0.1, 0.15) is 23.7 Å². The van der Waals surface area contributed by atoms with Gasteiger partial charge in [0.05, 0.1) is 17.5 Å². The summed E-state index contributed by atoms with van der Waals surface area (Å²) in [5.74, 6) is -1.19. The molecular formula is C13H15BrFNO3. The van der Waals surface area contributed by atoms with Gasteiger partial charge in [0.1, 0.15) is 5.82 Å². The van der Waals surface area contributed by atoms with Crippen molar-refractivity contribution in [3.05, 3.63) is 34.1 Å². The molecule has 4 nitrogen and oxygen atoms in total. The third kappa shape index (κ3) is 4.63. The number of carbonyl (C=O) groups is 2. The van der Waals surface area contributed by atoms with Gasteiger partial charge in [-0.3, -0.25) is 9.59 Å².